The van der Waals surface area contributed by atoms with Gasteiger partial charge in [-0.2, -0.15) is 0 Å². The van der Waals surface area contributed by atoms with Crippen molar-refractivity contribution in [1.29, 1.82) is 0 Å². The van der Waals surface area contributed by atoms with Crippen LogP contribution in [0.15, 0.2) is 0 Å². The van der Waals surface area contributed by atoms with Gasteiger partial charge in [0.25, 0.3) is 0 Å². The van der Waals surface area contributed by atoms with Crippen LogP contribution in [-0.2, 0) is 15.6 Å². The first-order chi connectivity index (χ1) is 1.00. The van der Waals surface area contributed by atoms with Gasteiger partial charge in [-0.1, -0.05) is 0 Å². The fraction of sp³-hybridized carbons (Fsp3) is 0. The van der Waals surface area contributed by atoms with Crippen LogP contribution in [-0.4, -0.2) is 32.8 Å². The monoisotopic (exact) mass is 160 g/mol. The van der Waals surface area contributed by atoms with Crippen molar-refractivity contribution >= 4 is 5.42 Å². The topological polar surface area (TPSA) is 158 Å². The summed E-state index contributed by atoms with van der Waals surface area (Å²) in [6.45, 7) is 0. The van der Waals surface area contributed by atoms with Crippen molar-refractivity contribution < 1.29 is 43.0 Å². The molecule has 0 aromatic rings. The summed E-state index contributed by atoms with van der Waals surface area (Å²) in [5.74, 6) is 0. The van der Waals surface area contributed by atoms with Crippen molar-refractivity contribution in [2.75, 3.05) is 0 Å². The molecule has 0 aliphatic rings. The van der Waals surface area contributed by atoms with Crippen LogP contribution in [0, 0.1) is 0 Å². The Labute approximate surface area is 49.2 Å². The van der Waals surface area contributed by atoms with Crippen molar-refractivity contribution in [2.45, 2.75) is 0 Å². The summed E-state index contributed by atoms with van der Waals surface area (Å²) in [5, 5.41) is 0. The van der Waals surface area contributed by atoms with E-state index in [9.17, 15) is 0 Å². The summed E-state index contributed by atoms with van der Waals surface area (Å²) < 4.78 is 0. The van der Waals surface area contributed by atoms with Gasteiger partial charge >= 0.3 is 21.0 Å². The number of rotatable bonds is 0. The van der Waals surface area contributed by atoms with Crippen LogP contribution in [0.3, 0.4) is 0 Å². The van der Waals surface area contributed by atoms with Crippen molar-refractivity contribution in [2.24, 2.45) is 0 Å². The van der Waals surface area contributed by atoms with E-state index in [1.807, 2.05) is 0 Å². The Morgan fingerprint density at radius 3 is 0.571 bits per heavy atom. The Kier molecular flexibility index (Phi) is 129000. The van der Waals surface area contributed by atoms with E-state index in [4.69, 9.17) is 0 Å². The Bertz CT molecular complexity index is 8.04. The summed E-state index contributed by atoms with van der Waals surface area (Å²) in [6.07, 6.45) is 0. The molecular formula is CH12FeO5. The Morgan fingerprint density at radius 2 is 0.571 bits per heavy atom. The maximum absolute atomic E-state index is 3.00. The standard InChI is InChI=1S/CH2.Fe.5H2O/h1H2;;5*1H2. The summed E-state index contributed by atoms with van der Waals surface area (Å²) in [4.78, 5) is 0. The van der Waals surface area contributed by atoms with Gasteiger partial charge in [-0.25, -0.2) is 0 Å². The van der Waals surface area contributed by atoms with Crippen molar-refractivity contribution in [1.82, 2.24) is 0 Å². The quantitative estimate of drug-likeness (QED) is 0.315. The molecule has 0 spiro atoms. The van der Waals surface area contributed by atoms with Gasteiger partial charge in [0.2, 0.25) is 0 Å². The molecule has 7 heavy (non-hydrogen) atoms. The van der Waals surface area contributed by atoms with Gasteiger partial charge in [0.15, 0.2) is 0 Å². The summed E-state index contributed by atoms with van der Waals surface area (Å²) in [5.41, 5.74) is 3.00. The Morgan fingerprint density at radius 1 is 0.571 bits per heavy atom. The molecule has 0 saturated carbocycles. The van der Waals surface area contributed by atoms with E-state index in [0.29, 0.717) is 0 Å². The SMILES string of the molecule is O.O.O.O.O.[CH2]=[Fe]. The molecule has 0 fully saturated rings. The van der Waals surface area contributed by atoms with E-state index in [0.717, 1.165) is 0 Å². The Balaban J connectivity index is -0.000000000500. The molecule has 0 aliphatic carbocycles. The van der Waals surface area contributed by atoms with E-state index in [2.05, 4.69) is 21.0 Å². The third-order valence-corrected chi connectivity index (χ3v) is 0. The first-order valence-electron chi connectivity index (χ1n) is 0.250. The average molecular weight is 160 g/mol. The summed E-state index contributed by atoms with van der Waals surface area (Å²) >= 11 is 3.00. The molecule has 0 aromatic heterocycles. The molecule has 0 bridgehead atoms. The second kappa shape index (κ2) is 4640. The molecule has 0 radical (unpaired) electrons. The van der Waals surface area contributed by atoms with Gasteiger partial charge in [-0.05, 0) is 0 Å². The fourth-order valence-corrected chi connectivity index (χ4v) is 0. The molecule has 0 atom stereocenters. The molecule has 5 nitrogen and oxygen atoms in total. The first kappa shape index (κ1) is 195. The van der Waals surface area contributed by atoms with Crippen molar-refractivity contribution in [3.8, 4) is 0 Å². The first-order valence-corrected chi connectivity index (χ1v) is 1.03. The predicted octanol–water partition coefficient (Wildman–Crippen LogP) is -4.16. The summed E-state index contributed by atoms with van der Waals surface area (Å²) in [6, 6.07) is 0. The van der Waals surface area contributed by atoms with Crippen LogP contribution >= 0.6 is 0 Å². The van der Waals surface area contributed by atoms with E-state index >= 15 is 0 Å². The van der Waals surface area contributed by atoms with Crippen LogP contribution in [0.4, 0.5) is 0 Å². The van der Waals surface area contributed by atoms with Crippen molar-refractivity contribution in [3.05, 3.63) is 0 Å². The molecular weight excluding hydrogens is 148 g/mol. The summed E-state index contributed by atoms with van der Waals surface area (Å²) in [7, 11) is 0. The van der Waals surface area contributed by atoms with Gasteiger partial charge in [-0.15, -0.1) is 0 Å². The van der Waals surface area contributed by atoms with Crippen LogP contribution in [0.5, 0.6) is 0 Å². The average Bonchev–Trinajstić information content (AvgIpc) is 1.00. The predicted molar refractivity (Wildman–Crippen MR) is 25.2 cm³/mol. The van der Waals surface area contributed by atoms with Gasteiger partial charge in [0.1, 0.15) is 0 Å². The minimum absolute atomic E-state index is 0. The second-order valence-corrected chi connectivity index (χ2v) is 0. The zero-order valence-corrected chi connectivity index (χ0v) is 4.66. The van der Waals surface area contributed by atoms with Gasteiger partial charge in [-0.3, -0.25) is 0 Å². The molecule has 0 unspecified atom stereocenters. The van der Waals surface area contributed by atoms with Crippen molar-refractivity contribution in [3.63, 3.8) is 0 Å². The van der Waals surface area contributed by atoms with Gasteiger partial charge in [0.05, 0.1) is 0 Å². The van der Waals surface area contributed by atoms with Crippen LogP contribution < -0.4 is 0 Å². The van der Waals surface area contributed by atoms with Gasteiger partial charge < -0.3 is 27.4 Å². The van der Waals surface area contributed by atoms with E-state index < -0.39 is 0 Å². The number of hydrogen-bond acceptors (Lipinski definition) is 0. The molecule has 0 heterocycles. The molecule has 0 rings (SSSR count). The normalized spacial score (nSPS) is 0.714. The fourth-order valence-electron chi connectivity index (χ4n) is 0. The van der Waals surface area contributed by atoms with E-state index in [-0.39, 0.29) is 27.4 Å². The van der Waals surface area contributed by atoms with Crippen LogP contribution in [0.25, 0.3) is 0 Å². The maximum atomic E-state index is 3.00. The Hall–Kier alpha value is 0.189. The third-order valence-electron chi connectivity index (χ3n) is 0. The van der Waals surface area contributed by atoms with E-state index in [1.54, 1.807) is 0 Å². The zero-order valence-electron chi connectivity index (χ0n) is 3.56. The number of hydrogen-bond donors (Lipinski definition) is 0. The van der Waals surface area contributed by atoms with Gasteiger partial charge in [0, 0.05) is 0 Å². The minimum atomic E-state index is 0. The third kappa shape index (κ3) is 3030. The molecule has 0 amide bonds. The van der Waals surface area contributed by atoms with E-state index in [1.165, 1.54) is 0 Å². The molecule has 0 aliphatic heterocycles. The molecule has 0 saturated heterocycles. The van der Waals surface area contributed by atoms with Crippen LogP contribution in [0.2, 0.25) is 0 Å². The molecule has 10 N–H and O–H groups in total. The molecule has 6 heteroatoms. The zero-order chi connectivity index (χ0) is 2.00. The molecule has 0 aromatic carbocycles. The van der Waals surface area contributed by atoms with Crippen LogP contribution in [0.1, 0.15) is 0 Å². The second-order valence-electron chi connectivity index (χ2n) is 0. The molecule has 54 valence electrons.